The summed E-state index contributed by atoms with van der Waals surface area (Å²) >= 11 is 0. The van der Waals surface area contributed by atoms with Crippen molar-refractivity contribution in [1.29, 1.82) is 0 Å². The van der Waals surface area contributed by atoms with Gasteiger partial charge in [0.25, 0.3) is 0 Å². The van der Waals surface area contributed by atoms with Gasteiger partial charge in [0, 0.05) is 0 Å². The molecule has 0 radical (unpaired) electrons. The molecular weight excluding hydrogens is 120 g/mol. The summed E-state index contributed by atoms with van der Waals surface area (Å²) in [7, 11) is 0. The Morgan fingerprint density at radius 2 is 2.22 bits per heavy atom. The van der Waals surface area contributed by atoms with Crippen molar-refractivity contribution >= 4 is 0 Å². The lowest BCUT2D eigenvalue weighted by molar-refractivity contribution is -0.306. The smallest absolute Gasteiger partial charge is 0.0773 e. The summed E-state index contributed by atoms with van der Waals surface area (Å²) in [6, 6.07) is 0. The number of hydrogen-bond donors (Lipinski definition) is 2. The Balaban J connectivity index is 3.16. The summed E-state index contributed by atoms with van der Waals surface area (Å²) < 4.78 is 0. The highest BCUT2D eigenvalue weighted by atomic mass is 16.3. The largest absolute Gasteiger partial charge is 0.876 e. The van der Waals surface area contributed by atoms with Crippen molar-refractivity contribution in [3.05, 3.63) is 12.3 Å². The van der Waals surface area contributed by atoms with Crippen molar-refractivity contribution < 1.29 is 15.3 Å². The molecule has 0 aliphatic heterocycles. The molecule has 0 rings (SSSR count). The predicted octanol–water partition coefficient (Wildman–Crippen LogP) is -1.01. The molecule has 0 heterocycles. The normalized spacial score (nSPS) is 13.1. The molecule has 0 spiro atoms. The maximum absolute atomic E-state index is 10.2. The van der Waals surface area contributed by atoms with E-state index in [1.807, 2.05) is 0 Å². The number of aliphatic hydroxyl groups excluding tert-OH is 2. The fourth-order valence-electron chi connectivity index (χ4n) is 0.419. The first-order chi connectivity index (χ1) is 4.16. The lowest BCUT2D eigenvalue weighted by atomic mass is 10.2. The molecule has 3 heteroatoms. The summed E-state index contributed by atoms with van der Waals surface area (Å²) in [6.45, 7) is 2.83. The van der Waals surface area contributed by atoms with Crippen LogP contribution >= 0.6 is 0 Å². The fraction of sp³-hybridized carbons (Fsp3) is 0.667. The van der Waals surface area contributed by atoms with E-state index in [-0.39, 0.29) is 18.8 Å². The Kier molecular flexibility index (Phi) is 4.09. The van der Waals surface area contributed by atoms with Crippen LogP contribution < -0.4 is 5.11 Å². The number of rotatable bonds is 4. The number of aliphatic hydroxyl groups is 2. The molecule has 0 saturated carbocycles. The van der Waals surface area contributed by atoms with Crippen LogP contribution in [0.25, 0.3) is 0 Å². The standard InChI is InChI=1S/C6H12O3/c1-5(8)2-3-6(9)4-7/h6-9H,1-4H2/p-1/t6-/m1/s1. The molecule has 0 fully saturated rings. The van der Waals surface area contributed by atoms with E-state index in [9.17, 15) is 5.11 Å². The molecule has 54 valence electrons. The van der Waals surface area contributed by atoms with Crippen molar-refractivity contribution in [2.24, 2.45) is 0 Å². The zero-order valence-corrected chi connectivity index (χ0v) is 5.21. The Labute approximate surface area is 54.3 Å². The molecule has 0 unspecified atom stereocenters. The highest BCUT2D eigenvalue weighted by Crippen LogP contribution is 1.98. The second-order valence-corrected chi connectivity index (χ2v) is 1.91. The van der Waals surface area contributed by atoms with Gasteiger partial charge >= 0.3 is 0 Å². The predicted molar refractivity (Wildman–Crippen MR) is 31.5 cm³/mol. The minimum absolute atomic E-state index is 0.206. The maximum atomic E-state index is 10.2. The SMILES string of the molecule is C=C([O-])CC[C@@H](O)CO. The van der Waals surface area contributed by atoms with E-state index in [0.717, 1.165) is 0 Å². The molecule has 3 nitrogen and oxygen atoms in total. The van der Waals surface area contributed by atoms with Crippen LogP contribution in [0.15, 0.2) is 12.3 Å². The third kappa shape index (κ3) is 5.33. The van der Waals surface area contributed by atoms with Crippen LogP contribution in [0.1, 0.15) is 12.8 Å². The van der Waals surface area contributed by atoms with Gasteiger partial charge in [-0.05, 0) is 12.8 Å². The molecule has 0 aliphatic carbocycles. The van der Waals surface area contributed by atoms with Gasteiger partial charge in [-0.3, -0.25) is 0 Å². The van der Waals surface area contributed by atoms with Gasteiger partial charge in [0.2, 0.25) is 0 Å². The average molecular weight is 131 g/mol. The molecule has 9 heavy (non-hydrogen) atoms. The summed E-state index contributed by atoms with van der Waals surface area (Å²) in [6.07, 6.45) is -0.226. The van der Waals surface area contributed by atoms with Crippen molar-refractivity contribution in [1.82, 2.24) is 0 Å². The third-order valence-electron chi connectivity index (χ3n) is 0.967. The molecule has 0 aromatic rings. The topological polar surface area (TPSA) is 63.5 Å². The third-order valence-corrected chi connectivity index (χ3v) is 0.967. The van der Waals surface area contributed by atoms with Gasteiger partial charge in [0.1, 0.15) is 0 Å². The monoisotopic (exact) mass is 131 g/mol. The molecule has 0 amide bonds. The second kappa shape index (κ2) is 4.35. The van der Waals surface area contributed by atoms with Crippen LogP contribution in [0.3, 0.4) is 0 Å². The van der Waals surface area contributed by atoms with E-state index in [1.54, 1.807) is 0 Å². The summed E-state index contributed by atoms with van der Waals surface area (Å²) in [5, 5.41) is 27.1. The Morgan fingerprint density at radius 3 is 2.56 bits per heavy atom. The van der Waals surface area contributed by atoms with Gasteiger partial charge < -0.3 is 15.3 Å². The lowest BCUT2D eigenvalue weighted by Gasteiger charge is -2.10. The highest BCUT2D eigenvalue weighted by Gasteiger charge is 1.98. The van der Waals surface area contributed by atoms with Gasteiger partial charge in [-0.2, -0.15) is 0 Å². The van der Waals surface area contributed by atoms with Gasteiger partial charge in [-0.1, -0.05) is 0 Å². The van der Waals surface area contributed by atoms with E-state index in [2.05, 4.69) is 6.58 Å². The minimum Gasteiger partial charge on any atom is -0.876 e. The van der Waals surface area contributed by atoms with E-state index in [0.29, 0.717) is 6.42 Å². The molecular formula is C6H11O3-. The fourth-order valence-corrected chi connectivity index (χ4v) is 0.419. The van der Waals surface area contributed by atoms with E-state index < -0.39 is 6.10 Å². The summed E-state index contributed by atoms with van der Waals surface area (Å²) in [5.41, 5.74) is 0. The van der Waals surface area contributed by atoms with Crippen molar-refractivity contribution in [2.45, 2.75) is 18.9 Å². The van der Waals surface area contributed by atoms with Gasteiger partial charge in [-0.25, -0.2) is 0 Å². The Bertz CT molecular complexity index is 90.3. The molecule has 0 aromatic carbocycles. The first-order valence-electron chi connectivity index (χ1n) is 2.80. The zero-order chi connectivity index (χ0) is 7.28. The molecule has 0 aliphatic rings. The van der Waals surface area contributed by atoms with Gasteiger partial charge in [0.15, 0.2) is 0 Å². The highest BCUT2D eigenvalue weighted by molar-refractivity contribution is 4.77. The maximum Gasteiger partial charge on any atom is 0.0773 e. The van der Waals surface area contributed by atoms with Crippen LogP contribution in [0, 0.1) is 0 Å². The van der Waals surface area contributed by atoms with Crippen molar-refractivity contribution in [3.63, 3.8) is 0 Å². The van der Waals surface area contributed by atoms with Crippen LogP contribution in [0.5, 0.6) is 0 Å². The molecule has 2 N–H and O–H groups in total. The van der Waals surface area contributed by atoms with Crippen LogP contribution in [0.4, 0.5) is 0 Å². The van der Waals surface area contributed by atoms with Crippen molar-refractivity contribution in [2.75, 3.05) is 6.61 Å². The lowest BCUT2D eigenvalue weighted by Crippen LogP contribution is -2.13. The number of hydrogen-bond acceptors (Lipinski definition) is 3. The Hall–Kier alpha value is -0.540. The molecule has 0 bridgehead atoms. The van der Waals surface area contributed by atoms with Gasteiger partial charge in [0.05, 0.1) is 12.7 Å². The van der Waals surface area contributed by atoms with Crippen LogP contribution in [0.2, 0.25) is 0 Å². The first-order valence-corrected chi connectivity index (χ1v) is 2.80. The first kappa shape index (κ1) is 8.46. The summed E-state index contributed by atoms with van der Waals surface area (Å²) in [5.74, 6) is -0.206. The second-order valence-electron chi connectivity index (χ2n) is 1.91. The number of allylic oxidation sites excluding steroid dienone is 1. The Morgan fingerprint density at radius 1 is 1.67 bits per heavy atom. The van der Waals surface area contributed by atoms with Crippen LogP contribution in [-0.2, 0) is 0 Å². The molecule has 1 atom stereocenters. The molecule has 0 aromatic heterocycles. The zero-order valence-electron chi connectivity index (χ0n) is 5.21. The average Bonchev–Trinajstić information content (AvgIpc) is 1.83. The van der Waals surface area contributed by atoms with Crippen LogP contribution in [-0.4, -0.2) is 22.9 Å². The minimum atomic E-state index is -0.768. The summed E-state index contributed by atoms with van der Waals surface area (Å²) in [4.78, 5) is 0. The quantitative estimate of drug-likeness (QED) is 0.481. The molecule has 0 saturated heterocycles. The van der Waals surface area contributed by atoms with E-state index >= 15 is 0 Å². The van der Waals surface area contributed by atoms with E-state index in [4.69, 9.17) is 10.2 Å². The van der Waals surface area contributed by atoms with E-state index in [1.165, 1.54) is 0 Å². The van der Waals surface area contributed by atoms with Gasteiger partial charge in [-0.15, -0.1) is 12.3 Å². The van der Waals surface area contributed by atoms with Crippen molar-refractivity contribution in [3.8, 4) is 0 Å².